The Morgan fingerprint density at radius 1 is 1.35 bits per heavy atom. The largest absolute Gasteiger partial charge is 0.469 e. The molecule has 0 saturated heterocycles. The minimum absolute atomic E-state index is 0.00123. The summed E-state index contributed by atoms with van der Waals surface area (Å²) in [5.74, 6) is 0.589. The summed E-state index contributed by atoms with van der Waals surface area (Å²) in [6.45, 7) is 0. The van der Waals surface area contributed by atoms with Crippen LogP contribution in [0.4, 0.5) is 5.69 Å². The lowest BCUT2D eigenvalue weighted by Crippen LogP contribution is -2.13. The Morgan fingerprint density at radius 2 is 2.24 bits per heavy atom. The molecule has 0 fully saturated rings. The van der Waals surface area contributed by atoms with E-state index in [1.165, 1.54) is 0 Å². The van der Waals surface area contributed by atoms with Gasteiger partial charge in [-0.25, -0.2) is 0 Å². The fourth-order valence-corrected chi connectivity index (χ4v) is 2.31. The fraction of sp³-hybridized carbons (Fsp3) is 0.154. The summed E-state index contributed by atoms with van der Waals surface area (Å²) in [6.07, 6.45) is 2.17. The lowest BCUT2D eigenvalue weighted by molar-refractivity contribution is -0.117. The zero-order valence-corrected chi connectivity index (χ0v) is 9.70. The zero-order valence-electron chi connectivity index (χ0n) is 8.94. The van der Waals surface area contributed by atoms with Crippen LogP contribution in [0.2, 0.25) is 5.02 Å². The first-order valence-corrected chi connectivity index (χ1v) is 5.74. The highest BCUT2D eigenvalue weighted by Gasteiger charge is 2.31. The van der Waals surface area contributed by atoms with Gasteiger partial charge in [-0.3, -0.25) is 4.79 Å². The Balaban J connectivity index is 1.96. The molecule has 0 aliphatic carbocycles. The molecular formula is C13H10ClNO2. The van der Waals surface area contributed by atoms with Crippen molar-refractivity contribution in [3.63, 3.8) is 0 Å². The Kier molecular flexibility index (Phi) is 2.41. The molecule has 1 aromatic carbocycles. The number of nitrogens with one attached hydrogen (secondary N) is 1. The van der Waals surface area contributed by atoms with Crippen molar-refractivity contribution in [2.24, 2.45) is 0 Å². The zero-order chi connectivity index (χ0) is 11.8. The number of hydrogen-bond acceptors (Lipinski definition) is 2. The number of carbonyl (C=O) groups excluding carboxylic acids is 1. The number of benzene rings is 1. The summed E-state index contributed by atoms with van der Waals surface area (Å²) in [5.41, 5.74) is 1.79. The molecule has 1 N–H and O–H groups in total. The van der Waals surface area contributed by atoms with Gasteiger partial charge in [-0.05, 0) is 35.9 Å². The first kappa shape index (κ1) is 10.4. The third-order valence-electron chi connectivity index (χ3n) is 2.95. The second kappa shape index (κ2) is 3.93. The van der Waals surface area contributed by atoms with Crippen LogP contribution in [0.1, 0.15) is 17.2 Å². The van der Waals surface area contributed by atoms with E-state index >= 15 is 0 Å². The van der Waals surface area contributed by atoms with E-state index in [2.05, 4.69) is 5.32 Å². The van der Waals surface area contributed by atoms with E-state index in [9.17, 15) is 4.79 Å². The molecule has 0 radical (unpaired) electrons. The normalized spacial score (nSPS) is 17.9. The van der Waals surface area contributed by atoms with Crippen LogP contribution in [0.15, 0.2) is 41.0 Å². The van der Waals surface area contributed by atoms with Gasteiger partial charge in [0.05, 0.1) is 12.2 Å². The number of rotatable bonds is 2. The van der Waals surface area contributed by atoms with E-state index in [1.54, 1.807) is 12.3 Å². The molecule has 2 heterocycles. The molecule has 1 aliphatic rings. The summed E-state index contributed by atoms with van der Waals surface area (Å²) in [7, 11) is 0. The summed E-state index contributed by atoms with van der Waals surface area (Å²) >= 11 is 5.96. The van der Waals surface area contributed by atoms with Gasteiger partial charge in [0.15, 0.2) is 0 Å². The van der Waals surface area contributed by atoms with Gasteiger partial charge in [-0.1, -0.05) is 11.6 Å². The van der Waals surface area contributed by atoms with Gasteiger partial charge < -0.3 is 9.73 Å². The third kappa shape index (κ3) is 1.83. The standard InChI is InChI=1S/C13H10ClNO2/c14-8-3-4-12-10(6-8)11(13(16)15-12)7-9-2-1-5-17-9/h1-6,11H,7H2,(H,15,16)/t11-/m1/s1. The van der Waals surface area contributed by atoms with Gasteiger partial charge in [0.1, 0.15) is 5.76 Å². The molecule has 0 unspecified atom stereocenters. The quantitative estimate of drug-likeness (QED) is 0.885. The summed E-state index contributed by atoms with van der Waals surface area (Å²) in [5, 5.41) is 3.49. The van der Waals surface area contributed by atoms with Crippen LogP contribution >= 0.6 is 11.6 Å². The number of anilines is 1. The van der Waals surface area contributed by atoms with Gasteiger partial charge in [0.25, 0.3) is 0 Å². The van der Waals surface area contributed by atoms with E-state index in [-0.39, 0.29) is 11.8 Å². The minimum Gasteiger partial charge on any atom is -0.469 e. The molecule has 3 rings (SSSR count). The topological polar surface area (TPSA) is 42.2 Å². The maximum atomic E-state index is 11.9. The van der Waals surface area contributed by atoms with Crippen molar-refractivity contribution in [1.29, 1.82) is 0 Å². The lowest BCUT2D eigenvalue weighted by atomic mass is 9.96. The smallest absolute Gasteiger partial charge is 0.232 e. The maximum absolute atomic E-state index is 11.9. The number of hydrogen-bond donors (Lipinski definition) is 1. The molecule has 1 aromatic heterocycles. The first-order valence-electron chi connectivity index (χ1n) is 5.37. The molecule has 2 aromatic rings. The molecule has 1 atom stereocenters. The average molecular weight is 248 g/mol. The number of carbonyl (C=O) groups is 1. The van der Waals surface area contributed by atoms with Crippen molar-refractivity contribution >= 4 is 23.2 Å². The summed E-state index contributed by atoms with van der Waals surface area (Å²) in [4.78, 5) is 11.9. The van der Waals surface area contributed by atoms with Gasteiger partial charge in [-0.2, -0.15) is 0 Å². The van der Waals surface area contributed by atoms with E-state index in [0.29, 0.717) is 11.4 Å². The van der Waals surface area contributed by atoms with E-state index < -0.39 is 0 Å². The number of amides is 1. The second-order valence-electron chi connectivity index (χ2n) is 4.06. The summed E-state index contributed by atoms with van der Waals surface area (Å²) in [6, 6.07) is 9.13. The molecule has 0 saturated carbocycles. The van der Waals surface area contributed by atoms with Crippen LogP contribution in [-0.2, 0) is 11.2 Å². The van der Waals surface area contributed by atoms with Gasteiger partial charge in [0.2, 0.25) is 5.91 Å². The first-order chi connectivity index (χ1) is 8.24. The minimum atomic E-state index is -0.213. The predicted octanol–water partition coefficient (Wildman–Crippen LogP) is 3.21. The average Bonchev–Trinajstić information content (AvgIpc) is 2.90. The predicted molar refractivity (Wildman–Crippen MR) is 65.2 cm³/mol. The summed E-state index contributed by atoms with van der Waals surface area (Å²) < 4.78 is 5.28. The van der Waals surface area contributed by atoms with Gasteiger partial charge in [-0.15, -0.1) is 0 Å². The fourth-order valence-electron chi connectivity index (χ4n) is 2.13. The van der Waals surface area contributed by atoms with Crippen molar-refractivity contribution in [1.82, 2.24) is 0 Å². The Morgan fingerprint density at radius 3 is 3.00 bits per heavy atom. The van der Waals surface area contributed by atoms with Crippen LogP contribution < -0.4 is 5.32 Å². The molecule has 0 spiro atoms. The molecule has 1 amide bonds. The van der Waals surface area contributed by atoms with Crippen LogP contribution in [-0.4, -0.2) is 5.91 Å². The van der Waals surface area contributed by atoms with Crippen molar-refractivity contribution in [3.8, 4) is 0 Å². The molecular weight excluding hydrogens is 238 g/mol. The SMILES string of the molecule is O=C1Nc2ccc(Cl)cc2[C@H]1Cc1ccco1. The molecule has 3 nitrogen and oxygen atoms in total. The molecule has 17 heavy (non-hydrogen) atoms. The van der Waals surface area contributed by atoms with Crippen LogP contribution in [0, 0.1) is 0 Å². The van der Waals surface area contributed by atoms with Crippen molar-refractivity contribution in [2.75, 3.05) is 5.32 Å². The maximum Gasteiger partial charge on any atom is 0.232 e. The van der Waals surface area contributed by atoms with Crippen molar-refractivity contribution in [3.05, 3.63) is 52.9 Å². The van der Waals surface area contributed by atoms with E-state index in [0.717, 1.165) is 17.0 Å². The van der Waals surface area contributed by atoms with Crippen LogP contribution in [0.5, 0.6) is 0 Å². The highest BCUT2D eigenvalue weighted by Crippen LogP contribution is 2.36. The van der Waals surface area contributed by atoms with Crippen LogP contribution in [0.25, 0.3) is 0 Å². The molecule has 1 aliphatic heterocycles. The number of fused-ring (bicyclic) bond motifs is 1. The van der Waals surface area contributed by atoms with Crippen molar-refractivity contribution < 1.29 is 9.21 Å². The molecule has 0 bridgehead atoms. The Hall–Kier alpha value is -1.74. The lowest BCUT2D eigenvalue weighted by Gasteiger charge is -2.06. The second-order valence-corrected chi connectivity index (χ2v) is 4.49. The van der Waals surface area contributed by atoms with Gasteiger partial charge in [0, 0.05) is 17.1 Å². The van der Waals surface area contributed by atoms with Gasteiger partial charge >= 0.3 is 0 Å². The highest BCUT2D eigenvalue weighted by molar-refractivity contribution is 6.31. The van der Waals surface area contributed by atoms with E-state index in [4.69, 9.17) is 16.0 Å². The Labute approximate surface area is 103 Å². The van der Waals surface area contributed by atoms with E-state index in [1.807, 2.05) is 24.3 Å². The number of furan rings is 1. The molecule has 86 valence electrons. The number of halogens is 1. The highest BCUT2D eigenvalue weighted by atomic mass is 35.5. The monoisotopic (exact) mass is 247 g/mol. The Bertz CT molecular complexity index is 563. The van der Waals surface area contributed by atoms with Crippen molar-refractivity contribution in [2.45, 2.75) is 12.3 Å². The third-order valence-corrected chi connectivity index (χ3v) is 3.18. The van der Waals surface area contributed by atoms with Crippen LogP contribution in [0.3, 0.4) is 0 Å². The molecule has 4 heteroatoms.